The molecule has 2 aromatic rings. The number of amides is 1. The van der Waals surface area contributed by atoms with Crippen LogP contribution in [0.4, 0.5) is 0 Å². The van der Waals surface area contributed by atoms with Crippen LogP contribution in [0, 0.1) is 0 Å². The van der Waals surface area contributed by atoms with Crippen LogP contribution in [0.5, 0.6) is 5.75 Å². The zero-order chi connectivity index (χ0) is 22.6. The topological polar surface area (TPSA) is 92.2 Å². The molecule has 0 radical (unpaired) electrons. The van der Waals surface area contributed by atoms with E-state index in [2.05, 4.69) is 26.8 Å². The van der Waals surface area contributed by atoms with Gasteiger partial charge in [0.05, 0.1) is 6.61 Å². The van der Waals surface area contributed by atoms with Gasteiger partial charge in [0, 0.05) is 35.5 Å². The van der Waals surface area contributed by atoms with Crippen molar-refractivity contribution in [1.82, 2.24) is 10.9 Å². The van der Waals surface area contributed by atoms with Gasteiger partial charge in [-0.3, -0.25) is 10.2 Å². The summed E-state index contributed by atoms with van der Waals surface area (Å²) in [6.07, 6.45) is 2.65. The minimum Gasteiger partial charge on any atom is -0.494 e. The molecule has 0 aromatic heterocycles. The Kier molecular flexibility index (Phi) is 7.13. The van der Waals surface area contributed by atoms with Crippen molar-refractivity contribution in [3.63, 3.8) is 0 Å². The zero-order valence-electron chi connectivity index (χ0n) is 18.0. The van der Waals surface area contributed by atoms with Crippen molar-refractivity contribution >= 4 is 27.7 Å². The Bertz CT molecular complexity index is 977. The molecule has 3 N–H and O–H groups in total. The highest BCUT2D eigenvalue weighted by molar-refractivity contribution is 9.10. The highest BCUT2D eigenvalue weighted by Gasteiger charge is 2.50. The van der Waals surface area contributed by atoms with Gasteiger partial charge in [-0.15, -0.1) is 0 Å². The van der Waals surface area contributed by atoms with Crippen LogP contribution in [0.25, 0.3) is 0 Å². The average molecular weight is 502 g/mol. The second kappa shape index (κ2) is 10.0. The monoisotopic (exact) mass is 501 g/mol. The maximum Gasteiger partial charge on any atom is 0.266 e. The average Bonchev–Trinajstić information content (AvgIpc) is 3.57. The van der Waals surface area contributed by atoms with Crippen LogP contribution in [0.3, 0.4) is 0 Å². The minimum atomic E-state index is -1.10. The van der Waals surface area contributed by atoms with Gasteiger partial charge in [-0.2, -0.15) is 0 Å². The van der Waals surface area contributed by atoms with E-state index in [1.54, 1.807) is 0 Å². The van der Waals surface area contributed by atoms with Crippen LogP contribution in [0.15, 0.2) is 58.0 Å². The number of aliphatic hydroxyl groups is 1. The van der Waals surface area contributed by atoms with Crippen LogP contribution in [-0.2, 0) is 16.0 Å². The summed E-state index contributed by atoms with van der Waals surface area (Å²) in [5.41, 5.74) is 6.64. The van der Waals surface area contributed by atoms with Crippen molar-refractivity contribution in [2.75, 3.05) is 13.2 Å². The molecule has 1 aliphatic heterocycles. The maximum atomic E-state index is 13.4. The Labute approximate surface area is 196 Å². The lowest BCUT2D eigenvalue weighted by molar-refractivity contribution is -0.129. The molecule has 2 aliphatic rings. The zero-order valence-corrected chi connectivity index (χ0v) is 19.6. The number of nitrogens with zero attached hydrogens (tertiary/aromatic N) is 1. The summed E-state index contributed by atoms with van der Waals surface area (Å²) in [7, 11) is 0. The number of rotatable bonds is 10. The largest absolute Gasteiger partial charge is 0.494 e. The molecule has 0 unspecified atom stereocenters. The fourth-order valence-electron chi connectivity index (χ4n) is 3.58. The maximum absolute atomic E-state index is 13.4. The summed E-state index contributed by atoms with van der Waals surface area (Å²) in [6, 6.07) is 15.6. The van der Waals surface area contributed by atoms with E-state index in [0.29, 0.717) is 37.1 Å². The second-order valence-corrected chi connectivity index (χ2v) is 9.05. The lowest BCUT2D eigenvalue weighted by Gasteiger charge is -2.28. The predicted octanol–water partition coefficient (Wildman–Crippen LogP) is 3.14. The van der Waals surface area contributed by atoms with E-state index in [4.69, 9.17) is 19.6 Å². The number of benzene rings is 2. The number of hydrogen-bond donors (Lipinski definition) is 3. The molecule has 4 rings (SSSR count). The lowest BCUT2D eigenvalue weighted by atomic mass is 9.86. The predicted molar refractivity (Wildman–Crippen MR) is 126 cm³/mol. The lowest BCUT2D eigenvalue weighted by Crippen LogP contribution is -2.56. The number of halogens is 1. The first-order chi connectivity index (χ1) is 15.5. The fourth-order valence-corrected chi connectivity index (χ4v) is 4.00. The Balaban J connectivity index is 1.59. The smallest absolute Gasteiger partial charge is 0.266 e. The number of carbonyl (C=O) groups is 1. The van der Waals surface area contributed by atoms with Gasteiger partial charge in [-0.05, 0) is 55.7 Å². The molecule has 170 valence electrons. The van der Waals surface area contributed by atoms with Crippen molar-refractivity contribution in [2.45, 2.75) is 50.3 Å². The number of aliphatic imine (C=N–C) groups is 1. The first kappa shape index (κ1) is 22.8. The molecule has 32 heavy (non-hydrogen) atoms. The van der Waals surface area contributed by atoms with Gasteiger partial charge in [0.1, 0.15) is 11.9 Å². The molecule has 2 atom stereocenters. The summed E-state index contributed by atoms with van der Waals surface area (Å²) in [5.74, 6) is 0.944. The molecule has 1 amide bonds. The van der Waals surface area contributed by atoms with E-state index in [-0.39, 0.29) is 12.5 Å². The fraction of sp³-hybridized carbons (Fsp3) is 0.417. The molecule has 7 nitrogen and oxygen atoms in total. The Hall–Kier alpha value is -2.42. The highest BCUT2D eigenvalue weighted by atomic mass is 79.9. The summed E-state index contributed by atoms with van der Waals surface area (Å²) in [4.78, 5) is 18.2. The van der Waals surface area contributed by atoms with Gasteiger partial charge >= 0.3 is 0 Å². The molecule has 1 heterocycles. The molecule has 0 saturated heterocycles. The minimum absolute atomic E-state index is 0.0951. The summed E-state index contributed by atoms with van der Waals surface area (Å²) in [5, 5.41) is 8.89. The molecule has 2 aromatic carbocycles. The van der Waals surface area contributed by atoms with E-state index in [1.807, 2.05) is 55.5 Å². The van der Waals surface area contributed by atoms with Gasteiger partial charge < -0.3 is 14.6 Å². The summed E-state index contributed by atoms with van der Waals surface area (Å²) < 4.78 is 12.7. The van der Waals surface area contributed by atoms with Crippen LogP contribution >= 0.6 is 15.9 Å². The van der Waals surface area contributed by atoms with Crippen molar-refractivity contribution in [3.05, 3.63) is 64.1 Å². The Morgan fingerprint density at radius 3 is 2.69 bits per heavy atom. The molecule has 1 saturated carbocycles. The number of carbonyl (C=O) groups excluding carboxylic acids is 1. The number of ether oxygens (including phenoxy) is 2. The summed E-state index contributed by atoms with van der Waals surface area (Å²) >= 11 is 3.60. The SMILES string of the molecule is C[C@@H]1OC(c2ccc(OCCCO)cc2)=N[C@]1(Cc1ccccc1Br)C(=O)NNC1CC1. The third-order valence-electron chi connectivity index (χ3n) is 5.71. The van der Waals surface area contributed by atoms with Crippen molar-refractivity contribution < 1.29 is 19.4 Å². The molecule has 8 heteroatoms. The third-order valence-corrected chi connectivity index (χ3v) is 6.49. The Morgan fingerprint density at radius 1 is 1.25 bits per heavy atom. The molecular weight excluding hydrogens is 474 g/mol. The van der Waals surface area contributed by atoms with Crippen molar-refractivity contribution in [1.29, 1.82) is 0 Å². The molecule has 0 bridgehead atoms. The van der Waals surface area contributed by atoms with Crippen LogP contribution in [-0.4, -0.2) is 47.8 Å². The molecule has 0 spiro atoms. The van der Waals surface area contributed by atoms with Crippen molar-refractivity contribution in [3.8, 4) is 5.75 Å². The van der Waals surface area contributed by atoms with Gasteiger partial charge in [0.15, 0.2) is 5.54 Å². The quantitative estimate of drug-likeness (QED) is 0.343. The van der Waals surface area contributed by atoms with E-state index >= 15 is 0 Å². The first-order valence-corrected chi connectivity index (χ1v) is 11.7. The van der Waals surface area contributed by atoms with Crippen LogP contribution in [0.2, 0.25) is 0 Å². The van der Waals surface area contributed by atoms with Crippen molar-refractivity contribution in [2.24, 2.45) is 4.99 Å². The number of aliphatic hydroxyl groups excluding tert-OH is 1. The first-order valence-electron chi connectivity index (χ1n) is 10.9. The molecule has 1 aliphatic carbocycles. The normalized spacial score (nSPS) is 22.2. The summed E-state index contributed by atoms with van der Waals surface area (Å²) in [6.45, 7) is 2.43. The van der Waals surface area contributed by atoms with E-state index in [0.717, 1.165) is 28.4 Å². The third kappa shape index (κ3) is 5.14. The van der Waals surface area contributed by atoms with E-state index in [1.165, 1.54) is 0 Å². The van der Waals surface area contributed by atoms with Gasteiger partial charge in [0.2, 0.25) is 5.90 Å². The van der Waals surface area contributed by atoms with Gasteiger partial charge in [0.25, 0.3) is 5.91 Å². The Morgan fingerprint density at radius 2 is 2.00 bits per heavy atom. The highest BCUT2D eigenvalue weighted by Crippen LogP contribution is 2.34. The van der Waals surface area contributed by atoms with E-state index < -0.39 is 11.6 Å². The van der Waals surface area contributed by atoms with Gasteiger partial charge in [-0.25, -0.2) is 10.4 Å². The number of nitrogens with one attached hydrogen (secondary N) is 2. The van der Waals surface area contributed by atoms with Gasteiger partial charge in [-0.1, -0.05) is 34.1 Å². The standard InChI is InChI=1S/C24H28BrN3O4/c1-16-24(23(30)28-27-19-9-10-19,15-18-5-2-3-6-21(18)25)26-22(32-16)17-7-11-20(12-8-17)31-14-4-13-29/h2-3,5-8,11-12,16,19,27,29H,4,9-10,13-15H2,1H3,(H,28,30)/t16-,24-/m0/s1. The number of hydrogen-bond acceptors (Lipinski definition) is 6. The van der Waals surface area contributed by atoms with Crippen LogP contribution < -0.4 is 15.6 Å². The van der Waals surface area contributed by atoms with Crippen LogP contribution in [0.1, 0.15) is 37.3 Å². The van der Waals surface area contributed by atoms with E-state index in [9.17, 15) is 4.79 Å². The molecular formula is C24H28BrN3O4. The second-order valence-electron chi connectivity index (χ2n) is 8.19. The number of hydrazine groups is 1. The molecule has 1 fully saturated rings.